The average Bonchev–Trinajstić information content (AvgIpc) is 3.11. The minimum absolute atomic E-state index is 0. The molecule has 1 saturated heterocycles. The van der Waals surface area contributed by atoms with Gasteiger partial charge in [-0.1, -0.05) is 12.1 Å². The summed E-state index contributed by atoms with van der Waals surface area (Å²) in [4.78, 5) is 19.6. The van der Waals surface area contributed by atoms with E-state index in [0.717, 1.165) is 48.5 Å². The van der Waals surface area contributed by atoms with Gasteiger partial charge in [-0.2, -0.15) is 18.3 Å². The van der Waals surface area contributed by atoms with Crippen LogP contribution in [0.2, 0.25) is 0 Å². The zero-order valence-electron chi connectivity index (χ0n) is 17.5. The molecule has 33 heavy (non-hydrogen) atoms. The number of rotatable bonds is 3. The molecule has 0 atom stereocenters. The molecule has 1 aromatic carbocycles. The van der Waals surface area contributed by atoms with Crippen LogP contribution in [0, 0.1) is 0 Å². The van der Waals surface area contributed by atoms with Crippen LogP contribution in [0.25, 0.3) is 32.9 Å². The molecule has 1 aliphatic rings. The number of hydrogen-bond donors (Lipinski definition) is 2. The maximum atomic E-state index is 13.3. The zero-order chi connectivity index (χ0) is 22.3. The highest BCUT2D eigenvalue weighted by molar-refractivity contribution is 6.04. The number of nitrogens with zero attached hydrogens (tertiary/aromatic N) is 4. The number of fused-ring (bicyclic) bond motifs is 3. The molecular formula is C22H22ClF3N6O. The Kier molecular flexibility index (Phi) is 6.31. The van der Waals surface area contributed by atoms with Gasteiger partial charge in [0.15, 0.2) is 0 Å². The number of benzene rings is 1. The SMILES string of the molecule is Cl.O=c1c2cn[nH]c2c2ccc(-c3cccnc3N3CCCNCC3)cc2n1CC(F)(F)F. The summed E-state index contributed by atoms with van der Waals surface area (Å²) < 4.78 is 40.8. The molecule has 2 N–H and O–H groups in total. The number of aromatic nitrogens is 4. The maximum absolute atomic E-state index is 13.3. The van der Waals surface area contributed by atoms with Crippen LogP contribution in [-0.2, 0) is 6.54 Å². The Morgan fingerprint density at radius 3 is 2.76 bits per heavy atom. The van der Waals surface area contributed by atoms with Crippen LogP contribution >= 0.6 is 12.4 Å². The molecule has 7 nitrogen and oxygen atoms in total. The van der Waals surface area contributed by atoms with E-state index in [-0.39, 0.29) is 23.3 Å². The lowest BCUT2D eigenvalue weighted by Gasteiger charge is -2.24. The Hall–Kier alpha value is -3.11. The van der Waals surface area contributed by atoms with E-state index in [2.05, 4.69) is 25.4 Å². The molecule has 11 heteroatoms. The fourth-order valence-electron chi connectivity index (χ4n) is 4.31. The van der Waals surface area contributed by atoms with Gasteiger partial charge in [-0.15, -0.1) is 12.4 Å². The normalized spacial score (nSPS) is 14.9. The van der Waals surface area contributed by atoms with E-state index in [1.807, 2.05) is 12.1 Å². The molecule has 0 amide bonds. The number of nitrogens with one attached hydrogen (secondary N) is 2. The molecule has 0 radical (unpaired) electrons. The highest BCUT2D eigenvalue weighted by Gasteiger charge is 2.30. The van der Waals surface area contributed by atoms with Crippen LogP contribution < -0.4 is 15.8 Å². The molecule has 4 heterocycles. The van der Waals surface area contributed by atoms with Crippen LogP contribution in [0.1, 0.15) is 6.42 Å². The van der Waals surface area contributed by atoms with E-state index in [1.165, 1.54) is 6.20 Å². The van der Waals surface area contributed by atoms with Crippen LogP contribution in [0.5, 0.6) is 0 Å². The van der Waals surface area contributed by atoms with Crippen molar-refractivity contribution < 1.29 is 13.2 Å². The number of hydrogen-bond acceptors (Lipinski definition) is 5. The molecule has 1 fully saturated rings. The van der Waals surface area contributed by atoms with Crippen molar-refractivity contribution >= 4 is 40.0 Å². The van der Waals surface area contributed by atoms with Crippen molar-refractivity contribution in [1.29, 1.82) is 0 Å². The number of anilines is 1. The molecule has 0 bridgehead atoms. The Morgan fingerprint density at radius 2 is 1.94 bits per heavy atom. The number of pyridine rings is 2. The van der Waals surface area contributed by atoms with Gasteiger partial charge >= 0.3 is 6.18 Å². The molecule has 0 aliphatic carbocycles. The predicted octanol–water partition coefficient (Wildman–Crippen LogP) is 3.72. The molecule has 5 rings (SSSR count). The molecule has 0 unspecified atom stereocenters. The van der Waals surface area contributed by atoms with Crippen molar-refractivity contribution in [2.45, 2.75) is 19.1 Å². The van der Waals surface area contributed by atoms with Gasteiger partial charge < -0.3 is 10.2 Å². The first kappa shape index (κ1) is 23.1. The minimum atomic E-state index is -4.54. The average molecular weight is 479 g/mol. The van der Waals surface area contributed by atoms with Crippen molar-refractivity contribution in [2.24, 2.45) is 0 Å². The summed E-state index contributed by atoms with van der Waals surface area (Å²) in [5.74, 6) is 0.780. The number of halogens is 4. The summed E-state index contributed by atoms with van der Waals surface area (Å²) in [5.41, 5.74) is 1.42. The van der Waals surface area contributed by atoms with Gasteiger partial charge in [0.1, 0.15) is 12.4 Å². The fourth-order valence-corrected chi connectivity index (χ4v) is 4.31. The summed E-state index contributed by atoms with van der Waals surface area (Å²) >= 11 is 0. The predicted molar refractivity (Wildman–Crippen MR) is 124 cm³/mol. The van der Waals surface area contributed by atoms with Gasteiger partial charge in [0.2, 0.25) is 0 Å². The van der Waals surface area contributed by atoms with Crippen LogP contribution in [-0.4, -0.2) is 52.1 Å². The van der Waals surface area contributed by atoms with Crippen LogP contribution in [0.4, 0.5) is 19.0 Å². The second kappa shape index (κ2) is 9.03. The van der Waals surface area contributed by atoms with E-state index in [0.29, 0.717) is 16.5 Å². The summed E-state index contributed by atoms with van der Waals surface area (Å²) in [6.45, 7) is 2.00. The number of alkyl halides is 3. The van der Waals surface area contributed by atoms with E-state index < -0.39 is 18.3 Å². The third-order valence-corrected chi connectivity index (χ3v) is 5.75. The van der Waals surface area contributed by atoms with Gasteiger partial charge in [-0.25, -0.2) is 4.98 Å². The van der Waals surface area contributed by atoms with Gasteiger partial charge in [-0.05, 0) is 36.7 Å². The Labute approximate surface area is 193 Å². The highest BCUT2D eigenvalue weighted by atomic mass is 35.5. The summed E-state index contributed by atoms with van der Waals surface area (Å²) in [5, 5.41) is 10.6. The molecule has 0 spiro atoms. The van der Waals surface area contributed by atoms with Crippen molar-refractivity contribution in [2.75, 3.05) is 31.1 Å². The van der Waals surface area contributed by atoms with Gasteiger partial charge in [0.05, 0.1) is 22.6 Å². The maximum Gasteiger partial charge on any atom is 0.406 e. The summed E-state index contributed by atoms with van der Waals surface area (Å²) in [6, 6.07) is 8.93. The number of H-pyrrole nitrogens is 1. The molecule has 4 aromatic rings. The van der Waals surface area contributed by atoms with Gasteiger partial charge in [-0.3, -0.25) is 14.5 Å². The standard InChI is InChI=1S/C22H21F3N6O.ClH/c23-22(24,25)13-31-18-11-14(4-5-16(18)19-17(21(31)32)12-28-29-19)15-3-1-7-27-20(15)30-9-2-6-26-8-10-30;/h1,3-5,7,11-12,26H,2,6,8-10,13H2,(H,28,29);1H. The van der Waals surface area contributed by atoms with E-state index in [1.54, 1.807) is 24.4 Å². The first-order chi connectivity index (χ1) is 15.4. The lowest BCUT2D eigenvalue weighted by molar-refractivity contribution is -0.140. The van der Waals surface area contributed by atoms with E-state index in [4.69, 9.17) is 0 Å². The van der Waals surface area contributed by atoms with Crippen molar-refractivity contribution in [1.82, 2.24) is 25.1 Å². The third kappa shape index (κ3) is 4.40. The Morgan fingerprint density at radius 1 is 1.09 bits per heavy atom. The lowest BCUT2D eigenvalue weighted by atomic mass is 10.0. The van der Waals surface area contributed by atoms with Crippen LogP contribution in [0.15, 0.2) is 47.5 Å². The fraction of sp³-hybridized carbons (Fsp3) is 0.318. The van der Waals surface area contributed by atoms with Crippen LogP contribution in [0.3, 0.4) is 0 Å². The lowest BCUT2D eigenvalue weighted by Crippen LogP contribution is -2.29. The highest BCUT2D eigenvalue weighted by Crippen LogP contribution is 2.33. The second-order valence-corrected chi connectivity index (χ2v) is 7.86. The van der Waals surface area contributed by atoms with Gasteiger partial charge in [0, 0.05) is 36.8 Å². The zero-order valence-corrected chi connectivity index (χ0v) is 18.3. The Bertz CT molecular complexity index is 1340. The minimum Gasteiger partial charge on any atom is -0.355 e. The summed E-state index contributed by atoms with van der Waals surface area (Å²) in [7, 11) is 0. The monoisotopic (exact) mass is 478 g/mol. The van der Waals surface area contributed by atoms with Crippen molar-refractivity contribution in [3.05, 3.63) is 53.1 Å². The topological polar surface area (TPSA) is 78.8 Å². The first-order valence-corrected chi connectivity index (χ1v) is 10.4. The summed E-state index contributed by atoms with van der Waals surface area (Å²) in [6.07, 6.45) is -0.588. The van der Waals surface area contributed by atoms with Crippen molar-refractivity contribution in [3.63, 3.8) is 0 Å². The molecular weight excluding hydrogens is 457 g/mol. The van der Waals surface area contributed by atoms with E-state index in [9.17, 15) is 18.0 Å². The largest absolute Gasteiger partial charge is 0.406 e. The third-order valence-electron chi connectivity index (χ3n) is 5.75. The quantitative estimate of drug-likeness (QED) is 0.469. The van der Waals surface area contributed by atoms with E-state index >= 15 is 0 Å². The second-order valence-electron chi connectivity index (χ2n) is 7.86. The molecule has 3 aromatic heterocycles. The molecule has 174 valence electrons. The molecule has 1 aliphatic heterocycles. The van der Waals surface area contributed by atoms with Gasteiger partial charge in [0.25, 0.3) is 5.56 Å². The smallest absolute Gasteiger partial charge is 0.355 e. The first-order valence-electron chi connectivity index (χ1n) is 10.4. The molecule has 0 saturated carbocycles. The number of aromatic amines is 1. The Balaban J connectivity index is 0.00000259. The van der Waals surface area contributed by atoms with Crippen molar-refractivity contribution in [3.8, 4) is 11.1 Å².